The van der Waals surface area contributed by atoms with E-state index in [1.54, 1.807) is 0 Å². The third-order valence-corrected chi connectivity index (χ3v) is 5.17. The fraction of sp³-hybridized carbons (Fsp3) is 0.650. The molecule has 2 aliphatic heterocycles. The van der Waals surface area contributed by atoms with Gasteiger partial charge in [-0.3, -0.25) is 4.79 Å². The summed E-state index contributed by atoms with van der Waals surface area (Å²) in [5, 5.41) is 6.52. The Bertz CT molecular complexity index is 525. The zero-order chi connectivity index (χ0) is 17.5. The van der Waals surface area contributed by atoms with E-state index in [0.29, 0.717) is 0 Å². The van der Waals surface area contributed by atoms with Crippen LogP contribution in [0.15, 0.2) is 30.3 Å². The Balaban J connectivity index is 1.65. The number of carbonyl (C=O) groups is 1. The topological polar surface area (TPSA) is 59.6 Å². The Labute approximate surface area is 150 Å². The number of nitrogens with one attached hydrogen (secondary N) is 2. The van der Waals surface area contributed by atoms with E-state index >= 15 is 0 Å². The number of amides is 1. The average molecular weight is 346 g/mol. The van der Waals surface area contributed by atoms with E-state index in [9.17, 15) is 4.79 Å². The summed E-state index contributed by atoms with van der Waals surface area (Å²) in [6, 6.07) is 10.2. The van der Waals surface area contributed by atoms with Crippen LogP contribution in [0.1, 0.15) is 44.3 Å². The van der Waals surface area contributed by atoms with Crippen LogP contribution in [-0.2, 0) is 14.3 Å². The molecule has 0 spiro atoms. The highest BCUT2D eigenvalue weighted by Gasteiger charge is 2.29. The lowest BCUT2D eigenvalue weighted by Gasteiger charge is -2.33. The quantitative estimate of drug-likeness (QED) is 0.831. The van der Waals surface area contributed by atoms with E-state index in [1.165, 1.54) is 0 Å². The lowest BCUT2D eigenvalue weighted by atomic mass is 9.96. The van der Waals surface area contributed by atoms with Crippen LogP contribution in [0.5, 0.6) is 0 Å². The molecule has 0 saturated carbocycles. The second-order valence-electron chi connectivity index (χ2n) is 7.10. The first kappa shape index (κ1) is 18.4. The smallest absolute Gasteiger partial charge is 0.223 e. The Morgan fingerprint density at radius 2 is 1.84 bits per heavy atom. The maximum Gasteiger partial charge on any atom is 0.223 e. The Morgan fingerprint density at radius 3 is 2.52 bits per heavy atom. The van der Waals surface area contributed by atoms with E-state index in [1.807, 2.05) is 18.2 Å². The fourth-order valence-corrected chi connectivity index (χ4v) is 3.65. The molecule has 5 heteroatoms. The fourth-order valence-electron chi connectivity index (χ4n) is 3.65. The molecule has 2 fully saturated rings. The zero-order valence-electron chi connectivity index (χ0n) is 15.1. The normalized spacial score (nSPS) is 22.3. The summed E-state index contributed by atoms with van der Waals surface area (Å²) in [6.07, 6.45) is 3.72. The van der Waals surface area contributed by atoms with Crippen LogP contribution in [0.3, 0.4) is 0 Å². The highest BCUT2D eigenvalue weighted by molar-refractivity contribution is 5.79. The minimum absolute atomic E-state index is 0.0624. The number of carbonyl (C=O) groups excluding carboxylic acids is 1. The van der Waals surface area contributed by atoms with Crippen LogP contribution in [-0.4, -0.2) is 44.4 Å². The summed E-state index contributed by atoms with van der Waals surface area (Å²) in [6.45, 7) is 5.40. The summed E-state index contributed by atoms with van der Waals surface area (Å²) < 4.78 is 11.9. The first-order valence-corrected chi connectivity index (χ1v) is 9.53. The van der Waals surface area contributed by atoms with Gasteiger partial charge >= 0.3 is 0 Å². The number of hydrogen-bond acceptors (Lipinski definition) is 4. The van der Waals surface area contributed by atoms with Crippen molar-refractivity contribution in [1.82, 2.24) is 10.6 Å². The summed E-state index contributed by atoms with van der Waals surface area (Å²) in [4.78, 5) is 12.6. The van der Waals surface area contributed by atoms with Gasteiger partial charge in [-0.05, 0) is 51.3 Å². The van der Waals surface area contributed by atoms with Gasteiger partial charge in [0.25, 0.3) is 0 Å². The largest absolute Gasteiger partial charge is 0.381 e. The number of rotatable bonds is 6. The van der Waals surface area contributed by atoms with Gasteiger partial charge in [-0.2, -0.15) is 0 Å². The molecule has 2 aliphatic rings. The third-order valence-electron chi connectivity index (χ3n) is 5.17. The van der Waals surface area contributed by atoms with E-state index in [0.717, 1.165) is 57.6 Å². The predicted octanol–water partition coefficient (Wildman–Crippen LogP) is 2.43. The van der Waals surface area contributed by atoms with Gasteiger partial charge in [-0.1, -0.05) is 30.3 Å². The molecule has 0 bridgehead atoms. The molecule has 2 atom stereocenters. The Hall–Kier alpha value is -1.43. The van der Waals surface area contributed by atoms with Gasteiger partial charge in [0.15, 0.2) is 0 Å². The Kier molecular flexibility index (Phi) is 6.84. The van der Waals surface area contributed by atoms with Crippen molar-refractivity contribution in [2.75, 3.05) is 26.3 Å². The van der Waals surface area contributed by atoms with Gasteiger partial charge < -0.3 is 20.1 Å². The average Bonchev–Trinajstić information content (AvgIpc) is 2.68. The molecule has 3 rings (SSSR count). The molecule has 2 N–H and O–H groups in total. The van der Waals surface area contributed by atoms with Crippen LogP contribution >= 0.6 is 0 Å². The molecule has 1 aromatic rings. The third kappa shape index (κ3) is 5.27. The van der Waals surface area contributed by atoms with Gasteiger partial charge in [0.2, 0.25) is 5.91 Å². The lowest BCUT2D eigenvalue weighted by molar-refractivity contribution is -0.129. The Morgan fingerprint density at radius 1 is 1.16 bits per heavy atom. The van der Waals surface area contributed by atoms with Gasteiger partial charge in [-0.15, -0.1) is 0 Å². The highest BCUT2D eigenvalue weighted by Crippen LogP contribution is 2.27. The first-order chi connectivity index (χ1) is 12.2. The molecule has 2 saturated heterocycles. The van der Waals surface area contributed by atoms with Crippen molar-refractivity contribution in [3.63, 3.8) is 0 Å². The molecule has 2 heterocycles. The molecule has 1 aromatic carbocycles. The van der Waals surface area contributed by atoms with Crippen LogP contribution in [0.4, 0.5) is 0 Å². The zero-order valence-corrected chi connectivity index (χ0v) is 15.1. The highest BCUT2D eigenvalue weighted by atomic mass is 16.5. The van der Waals surface area contributed by atoms with Crippen molar-refractivity contribution in [3.05, 3.63) is 35.9 Å². The molecular weight excluding hydrogens is 316 g/mol. The van der Waals surface area contributed by atoms with E-state index in [2.05, 4.69) is 29.7 Å². The van der Waals surface area contributed by atoms with Crippen molar-refractivity contribution in [3.8, 4) is 0 Å². The number of hydrogen-bond donors (Lipinski definition) is 2. The van der Waals surface area contributed by atoms with Crippen molar-refractivity contribution in [2.24, 2.45) is 5.92 Å². The molecule has 0 aliphatic carbocycles. The summed E-state index contributed by atoms with van der Waals surface area (Å²) >= 11 is 0. The molecule has 1 amide bonds. The number of benzene rings is 1. The van der Waals surface area contributed by atoms with Crippen molar-refractivity contribution in [2.45, 2.75) is 50.9 Å². The van der Waals surface area contributed by atoms with Gasteiger partial charge in [0.05, 0.1) is 12.1 Å². The standard InChI is InChI=1S/C20H30N2O3/c1-15(22-20(23)17-7-11-21-12-8-17)19(16-5-3-2-4-6-16)25-18-9-13-24-14-10-18/h2-6,15,17-19,21H,7-14H2,1H3,(H,22,23)/t15-,19+/m1/s1. The molecule has 0 unspecified atom stereocenters. The molecule has 25 heavy (non-hydrogen) atoms. The maximum atomic E-state index is 12.6. The van der Waals surface area contributed by atoms with E-state index < -0.39 is 0 Å². The monoisotopic (exact) mass is 346 g/mol. The van der Waals surface area contributed by atoms with Gasteiger partial charge in [0.1, 0.15) is 6.10 Å². The second-order valence-corrected chi connectivity index (χ2v) is 7.10. The van der Waals surface area contributed by atoms with Crippen LogP contribution in [0, 0.1) is 5.92 Å². The number of ether oxygens (including phenoxy) is 2. The SMILES string of the molecule is C[C@@H](NC(=O)C1CCNCC1)[C@H](OC1CCOCC1)c1ccccc1. The van der Waals surface area contributed by atoms with Crippen LogP contribution in [0.25, 0.3) is 0 Å². The van der Waals surface area contributed by atoms with E-state index in [-0.39, 0.29) is 30.1 Å². The van der Waals surface area contributed by atoms with Crippen molar-refractivity contribution >= 4 is 5.91 Å². The number of piperidine rings is 1. The first-order valence-electron chi connectivity index (χ1n) is 9.53. The van der Waals surface area contributed by atoms with E-state index in [4.69, 9.17) is 9.47 Å². The molecule has 0 radical (unpaired) electrons. The van der Waals surface area contributed by atoms with Gasteiger partial charge in [-0.25, -0.2) is 0 Å². The predicted molar refractivity (Wildman–Crippen MR) is 97.3 cm³/mol. The molecular formula is C20H30N2O3. The molecule has 138 valence electrons. The second kappa shape index (κ2) is 9.32. The minimum Gasteiger partial charge on any atom is -0.381 e. The molecule has 5 nitrogen and oxygen atoms in total. The van der Waals surface area contributed by atoms with Crippen LogP contribution in [0.2, 0.25) is 0 Å². The van der Waals surface area contributed by atoms with Crippen molar-refractivity contribution in [1.29, 1.82) is 0 Å². The maximum absolute atomic E-state index is 12.6. The molecule has 0 aromatic heterocycles. The lowest BCUT2D eigenvalue weighted by Crippen LogP contribution is -2.45. The minimum atomic E-state index is -0.130. The summed E-state index contributed by atoms with van der Waals surface area (Å²) in [5.41, 5.74) is 1.12. The van der Waals surface area contributed by atoms with Gasteiger partial charge in [0, 0.05) is 19.1 Å². The van der Waals surface area contributed by atoms with Crippen LogP contribution < -0.4 is 10.6 Å². The van der Waals surface area contributed by atoms with Crippen molar-refractivity contribution < 1.29 is 14.3 Å². The summed E-state index contributed by atoms with van der Waals surface area (Å²) in [5.74, 6) is 0.272. The summed E-state index contributed by atoms with van der Waals surface area (Å²) in [7, 11) is 0.